The van der Waals surface area contributed by atoms with Crippen LogP contribution in [0.3, 0.4) is 0 Å². The number of ether oxygens (including phenoxy) is 1. The molecule has 2 atom stereocenters. The first-order chi connectivity index (χ1) is 15.8. The molecule has 1 aliphatic carbocycles. The number of aryl methyl sites for hydroxylation is 1. The predicted octanol–water partition coefficient (Wildman–Crippen LogP) is 2.73. The molecule has 0 unspecified atom stereocenters. The lowest BCUT2D eigenvalue weighted by Crippen LogP contribution is -2.44. The van der Waals surface area contributed by atoms with Gasteiger partial charge in [0.2, 0.25) is 0 Å². The summed E-state index contributed by atoms with van der Waals surface area (Å²) in [4.78, 5) is 30.7. The molecule has 2 aromatic heterocycles. The molecule has 0 saturated carbocycles. The number of hydrogen-bond acceptors (Lipinski definition) is 6. The second-order valence-electron chi connectivity index (χ2n) is 9.19. The summed E-state index contributed by atoms with van der Waals surface area (Å²) in [6.07, 6.45) is 1.66. The fourth-order valence-corrected chi connectivity index (χ4v) is 5.84. The van der Waals surface area contributed by atoms with E-state index in [1.165, 1.54) is 6.07 Å². The Morgan fingerprint density at radius 1 is 1.30 bits per heavy atom. The van der Waals surface area contributed by atoms with Crippen LogP contribution in [0.5, 0.6) is 0 Å². The molecular formula is C25H24FN3O4. The van der Waals surface area contributed by atoms with Gasteiger partial charge in [-0.25, -0.2) is 14.2 Å². The second kappa shape index (κ2) is 6.71. The van der Waals surface area contributed by atoms with Crippen molar-refractivity contribution in [3.05, 3.63) is 61.7 Å². The topological polar surface area (TPSA) is 93.5 Å². The highest BCUT2D eigenvalue weighted by Gasteiger charge is 2.45. The normalized spacial score (nSPS) is 22.7. The summed E-state index contributed by atoms with van der Waals surface area (Å²) in [5, 5.41) is 15.4. The highest BCUT2D eigenvalue weighted by atomic mass is 19.1. The average molecular weight is 449 g/mol. The zero-order valence-electron chi connectivity index (χ0n) is 18.7. The molecule has 2 N–H and O–H groups in total. The van der Waals surface area contributed by atoms with Gasteiger partial charge in [0.1, 0.15) is 12.4 Å². The maximum Gasteiger partial charge on any atom is 0.343 e. The Kier molecular flexibility index (Phi) is 4.17. The number of halogens is 1. The van der Waals surface area contributed by atoms with E-state index in [9.17, 15) is 19.1 Å². The molecule has 3 aromatic rings. The number of benzene rings is 1. The molecule has 2 aliphatic heterocycles. The van der Waals surface area contributed by atoms with Crippen LogP contribution in [0.1, 0.15) is 59.2 Å². The highest BCUT2D eigenvalue weighted by molar-refractivity contribution is 5.93. The molecular weight excluding hydrogens is 425 g/mol. The van der Waals surface area contributed by atoms with Gasteiger partial charge in [0.15, 0.2) is 5.60 Å². The third kappa shape index (κ3) is 2.48. The number of hydrogen-bond donors (Lipinski definition) is 2. The molecule has 4 heterocycles. The lowest BCUT2D eigenvalue weighted by atomic mass is 9.81. The van der Waals surface area contributed by atoms with Crippen LogP contribution in [-0.4, -0.2) is 27.7 Å². The first-order valence-electron chi connectivity index (χ1n) is 11.3. The van der Waals surface area contributed by atoms with Crippen molar-refractivity contribution in [2.45, 2.75) is 57.9 Å². The Labute approximate surface area is 189 Å². The van der Waals surface area contributed by atoms with E-state index in [1.807, 2.05) is 7.05 Å². The fourth-order valence-electron chi connectivity index (χ4n) is 5.84. The van der Waals surface area contributed by atoms with Crippen LogP contribution in [-0.2, 0) is 34.7 Å². The smallest absolute Gasteiger partial charge is 0.343 e. The molecule has 3 aliphatic rings. The Morgan fingerprint density at radius 2 is 2.09 bits per heavy atom. The summed E-state index contributed by atoms with van der Waals surface area (Å²) < 4.78 is 21.5. The van der Waals surface area contributed by atoms with Gasteiger partial charge in [-0.2, -0.15) is 0 Å². The number of nitrogens with one attached hydrogen (secondary N) is 1. The minimum absolute atomic E-state index is 0.0544. The molecule has 0 bridgehead atoms. The Bertz CT molecular complexity index is 1460. The second-order valence-corrected chi connectivity index (χ2v) is 9.19. The van der Waals surface area contributed by atoms with Gasteiger partial charge in [-0.3, -0.25) is 4.79 Å². The van der Waals surface area contributed by atoms with Crippen LogP contribution < -0.4 is 10.9 Å². The molecule has 170 valence electrons. The Balaban J connectivity index is 1.70. The number of aromatic nitrogens is 2. The Hall–Kier alpha value is -3.10. The number of pyridine rings is 2. The number of cyclic esters (lactones) is 1. The third-order valence-electron chi connectivity index (χ3n) is 7.73. The first kappa shape index (κ1) is 20.5. The van der Waals surface area contributed by atoms with E-state index in [-0.39, 0.29) is 36.0 Å². The molecule has 8 heteroatoms. The van der Waals surface area contributed by atoms with Crippen molar-refractivity contribution in [2.75, 3.05) is 7.05 Å². The van der Waals surface area contributed by atoms with Crippen LogP contribution in [0.25, 0.3) is 22.3 Å². The average Bonchev–Trinajstić information content (AvgIpc) is 3.18. The van der Waals surface area contributed by atoms with Gasteiger partial charge in [-0.15, -0.1) is 0 Å². The van der Waals surface area contributed by atoms with Crippen molar-refractivity contribution in [1.82, 2.24) is 14.9 Å². The maximum atomic E-state index is 14.8. The number of aliphatic hydroxyl groups is 1. The van der Waals surface area contributed by atoms with Gasteiger partial charge < -0.3 is 19.7 Å². The van der Waals surface area contributed by atoms with Crippen molar-refractivity contribution in [3.63, 3.8) is 0 Å². The maximum absolute atomic E-state index is 14.8. The van der Waals surface area contributed by atoms with Crippen molar-refractivity contribution in [3.8, 4) is 11.4 Å². The molecule has 0 radical (unpaired) electrons. The van der Waals surface area contributed by atoms with E-state index < -0.39 is 11.6 Å². The molecule has 1 aromatic carbocycles. The standard InChI is InChI=1S/C25H24FN3O4/c1-4-25(32)15-7-19-22-13(9-29(19)23(30)14(15)10-33-24(25)31)21-17(27-3)6-5-12-11(2)16(26)8-18(28-22)20(12)21/h7-8,17,27,32H,4-6,9-10H2,1-3H3/t17-,25-/m0/s1. The number of esters is 1. The largest absolute Gasteiger partial charge is 0.458 e. The monoisotopic (exact) mass is 449 g/mol. The van der Waals surface area contributed by atoms with Crippen LogP contribution >= 0.6 is 0 Å². The summed E-state index contributed by atoms with van der Waals surface area (Å²) in [6.45, 7) is 3.65. The van der Waals surface area contributed by atoms with E-state index in [0.29, 0.717) is 34.6 Å². The minimum atomic E-state index is -1.87. The third-order valence-corrected chi connectivity index (χ3v) is 7.73. The number of rotatable bonds is 2. The molecule has 7 nitrogen and oxygen atoms in total. The van der Waals surface area contributed by atoms with E-state index in [4.69, 9.17) is 9.72 Å². The van der Waals surface area contributed by atoms with Gasteiger partial charge in [-0.1, -0.05) is 6.92 Å². The van der Waals surface area contributed by atoms with Gasteiger partial charge in [0.05, 0.1) is 29.0 Å². The highest BCUT2D eigenvalue weighted by Crippen LogP contribution is 2.45. The summed E-state index contributed by atoms with van der Waals surface area (Å²) in [7, 11) is 1.90. The quantitative estimate of drug-likeness (QED) is 0.457. The number of nitrogens with zero attached hydrogens (tertiary/aromatic N) is 2. The molecule has 6 rings (SSSR count). The molecule has 0 amide bonds. The van der Waals surface area contributed by atoms with E-state index in [2.05, 4.69) is 5.32 Å². The lowest BCUT2D eigenvalue weighted by Gasteiger charge is -2.31. The molecule has 0 fully saturated rings. The summed E-state index contributed by atoms with van der Waals surface area (Å²) in [5.41, 5.74) is 3.71. The van der Waals surface area contributed by atoms with Gasteiger partial charge in [-0.05, 0) is 56.0 Å². The zero-order chi connectivity index (χ0) is 23.2. The van der Waals surface area contributed by atoms with Crippen molar-refractivity contribution in [1.29, 1.82) is 0 Å². The SMILES string of the molecule is CC[C@@]1(O)C(=O)OCc2c1cc1n(c2=O)Cc2c-1nc1cc(F)c(C)c3c1c2[C@@H](NC)CC3. The van der Waals surface area contributed by atoms with Crippen LogP contribution in [0.2, 0.25) is 0 Å². The van der Waals surface area contributed by atoms with E-state index in [1.54, 1.807) is 24.5 Å². The predicted molar refractivity (Wildman–Crippen MR) is 119 cm³/mol. The van der Waals surface area contributed by atoms with Gasteiger partial charge >= 0.3 is 5.97 Å². The van der Waals surface area contributed by atoms with Crippen LogP contribution in [0.15, 0.2) is 16.9 Å². The van der Waals surface area contributed by atoms with E-state index in [0.717, 1.165) is 34.9 Å². The first-order valence-corrected chi connectivity index (χ1v) is 11.3. The fraction of sp³-hybridized carbons (Fsp3) is 0.400. The Morgan fingerprint density at radius 3 is 2.82 bits per heavy atom. The van der Waals surface area contributed by atoms with Crippen LogP contribution in [0.4, 0.5) is 4.39 Å². The van der Waals surface area contributed by atoms with Gasteiger partial charge in [0.25, 0.3) is 5.56 Å². The number of carbonyl (C=O) groups is 1. The van der Waals surface area contributed by atoms with E-state index >= 15 is 0 Å². The summed E-state index contributed by atoms with van der Waals surface area (Å²) in [5.74, 6) is -1.04. The number of fused-ring (bicyclic) bond motifs is 5. The molecule has 0 spiro atoms. The van der Waals surface area contributed by atoms with Crippen molar-refractivity contribution >= 4 is 16.9 Å². The zero-order valence-corrected chi connectivity index (χ0v) is 18.7. The summed E-state index contributed by atoms with van der Waals surface area (Å²) in [6, 6.07) is 3.22. The summed E-state index contributed by atoms with van der Waals surface area (Å²) >= 11 is 0. The van der Waals surface area contributed by atoms with Crippen LogP contribution in [0, 0.1) is 12.7 Å². The molecule has 0 saturated heterocycles. The lowest BCUT2D eigenvalue weighted by molar-refractivity contribution is -0.172. The van der Waals surface area contributed by atoms with Gasteiger partial charge in [0, 0.05) is 28.6 Å². The molecule has 33 heavy (non-hydrogen) atoms. The van der Waals surface area contributed by atoms with Crippen molar-refractivity contribution in [2.24, 2.45) is 0 Å². The van der Waals surface area contributed by atoms with Crippen molar-refractivity contribution < 1.29 is 19.0 Å². The number of carbonyl (C=O) groups excluding carboxylic acids is 1. The minimum Gasteiger partial charge on any atom is -0.458 e.